The summed E-state index contributed by atoms with van der Waals surface area (Å²) in [6.45, 7) is 2.59. The molecule has 0 unspecified atom stereocenters. The lowest BCUT2D eigenvalue weighted by atomic mass is 10.1. The first-order valence-electron chi connectivity index (χ1n) is 11.2. The van der Waals surface area contributed by atoms with E-state index in [0.717, 1.165) is 12.1 Å². The number of alkyl halides is 3. The normalized spacial score (nSPS) is 14.5. The summed E-state index contributed by atoms with van der Waals surface area (Å²) in [6, 6.07) is 9.30. The summed E-state index contributed by atoms with van der Waals surface area (Å²) in [5.74, 6) is -0.253. The molecular formula is C24H24F4N6O2. The Kier molecular flexibility index (Phi) is 7.63. The summed E-state index contributed by atoms with van der Waals surface area (Å²) >= 11 is 0. The molecule has 0 spiro atoms. The second-order valence-electron chi connectivity index (χ2n) is 8.31. The van der Waals surface area contributed by atoms with Crippen molar-refractivity contribution in [3.63, 3.8) is 0 Å². The number of rotatable bonds is 7. The van der Waals surface area contributed by atoms with Gasteiger partial charge in [0.25, 0.3) is 0 Å². The zero-order valence-electron chi connectivity index (χ0n) is 19.3. The number of carbonyl (C=O) groups is 1. The lowest BCUT2D eigenvalue weighted by molar-refractivity contribution is -0.137. The maximum atomic E-state index is 13.9. The Bertz CT molecular complexity index is 1220. The average Bonchev–Trinajstić information content (AvgIpc) is 2.85. The van der Waals surface area contributed by atoms with Crippen molar-refractivity contribution in [3.05, 3.63) is 65.7 Å². The van der Waals surface area contributed by atoms with Crippen molar-refractivity contribution >= 4 is 29.2 Å². The first-order valence-corrected chi connectivity index (χ1v) is 11.2. The van der Waals surface area contributed by atoms with Gasteiger partial charge in [-0.05, 0) is 48.7 Å². The molecule has 1 fully saturated rings. The lowest BCUT2D eigenvalue weighted by Crippen LogP contribution is -2.38. The van der Waals surface area contributed by atoms with Crippen LogP contribution in [-0.4, -0.2) is 40.1 Å². The van der Waals surface area contributed by atoms with Crippen LogP contribution in [0, 0.1) is 5.82 Å². The third kappa shape index (κ3) is 6.66. The summed E-state index contributed by atoms with van der Waals surface area (Å²) in [5, 5.41) is 5.39. The molecule has 1 aliphatic rings. The number of carbonyl (C=O) groups excluding carboxylic acids is 1. The molecule has 2 aromatic carbocycles. The number of piperidine rings is 1. The maximum Gasteiger partial charge on any atom is 0.416 e. The van der Waals surface area contributed by atoms with Gasteiger partial charge < -0.3 is 20.3 Å². The van der Waals surface area contributed by atoms with E-state index in [1.54, 1.807) is 6.07 Å². The van der Waals surface area contributed by atoms with Gasteiger partial charge in [-0.2, -0.15) is 18.2 Å². The number of anilines is 4. The molecule has 36 heavy (non-hydrogen) atoms. The molecule has 1 saturated heterocycles. The van der Waals surface area contributed by atoms with Crippen LogP contribution in [-0.2, 0) is 22.3 Å². The highest BCUT2D eigenvalue weighted by Crippen LogP contribution is 2.30. The van der Waals surface area contributed by atoms with Crippen LogP contribution in [0.1, 0.15) is 30.9 Å². The molecule has 0 radical (unpaired) electrons. The number of benzene rings is 2. The van der Waals surface area contributed by atoms with Crippen molar-refractivity contribution in [3.8, 4) is 0 Å². The predicted octanol–water partition coefficient (Wildman–Crippen LogP) is 4.92. The number of hydrogen-bond donors (Lipinski definition) is 2. The molecule has 2 N–H and O–H groups in total. The van der Waals surface area contributed by atoms with Gasteiger partial charge in [0, 0.05) is 25.7 Å². The smallest absolute Gasteiger partial charge is 0.373 e. The van der Waals surface area contributed by atoms with Crippen molar-refractivity contribution in [2.24, 2.45) is 0 Å². The molecule has 8 nitrogen and oxygen atoms in total. The van der Waals surface area contributed by atoms with Crippen LogP contribution >= 0.6 is 0 Å². The van der Waals surface area contributed by atoms with Crippen LogP contribution in [0.25, 0.3) is 0 Å². The van der Waals surface area contributed by atoms with E-state index in [1.165, 1.54) is 37.5 Å². The van der Waals surface area contributed by atoms with E-state index in [2.05, 4.69) is 25.6 Å². The van der Waals surface area contributed by atoms with Gasteiger partial charge in [0.1, 0.15) is 12.1 Å². The third-order valence-corrected chi connectivity index (χ3v) is 5.56. The van der Waals surface area contributed by atoms with Crippen molar-refractivity contribution in [2.75, 3.05) is 28.6 Å². The Labute approximate surface area is 204 Å². The third-order valence-electron chi connectivity index (χ3n) is 5.56. The van der Waals surface area contributed by atoms with Gasteiger partial charge in [0.05, 0.1) is 24.0 Å². The number of aromatic nitrogens is 3. The lowest BCUT2D eigenvalue weighted by Gasteiger charge is -2.32. The largest absolute Gasteiger partial charge is 0.416 e. The minimum Gasteiger partial charge on any atom is -0.373 e. The summed E-state index contributed by atoms with van der Waals surface area (Å²) < 4.78 is 58.4. The number of ether oxygens (including phenoxy) is 1. The van der Waals surface area contributed by atoms with E-state index in [1.807, 2.05) is 4.90 Å². The van der Waals surface area contributed by atoms with Crippen LogP contribution in [0.3, 0.4) is 0 Å². The fourth-order valence-corrected chi connectivity index (χ4v) is 3.79. The van der Waals surface area contributed by atoms with Crippen LogP contribution in [0.5, 0.6) is 0 Å². The second-order valence-corrected chi connectivity index (χ2v) is 8.31. The number of hydrogen-bond acceptors (Lipinski definition) is 7. The molecule has 0 aliphatic carbocycles. The van der Waals surface area contributed by atoms with Crippen LogP contribution in [0.4, 0.5) is 40.8 Å². The SMILES string of the molecule is CC(=O)Nc1cc(Nc2ncnc(N3CCC(OCc4cccc(C(F)(F)F)c4)CC3)n2)ccc1F. The highest BCUT2D eigenvalue weighted by atomic mass is 19.4. The Hall–Kier alpha value is -3.80. The van der Waals surface area contributed by atoms with E-state index in [0.29, 0.717) is 43.1 Å². The average molecular weight is 504 g/mol. The van der Waals surface area contributed by atoms with Crippen LogP contribution in [0.15, 0.2) is 48.8 Å². The highest BCUT2D eigenvalue weighted by molar-refractivity contribution is 5.89. The van der Waals surface area contributed by atoms with E-state index in [-0.39, 0.29) is 24.3 Å². The second kappa shape index (κ2) is 10.9. The molecule has 3 aromatic rings. The number of amides is 1. The Morgan fingerprint density at radius 3 is 2.64 bits per heavy atom. The Balaban J connectivity index is 1.32. The summed E-state index contributed by atoms with van der Waals surface area (Å²) in [5.41, 5.74) is 0.306. The minimum absolute atomic E-state index is 0.0361. The van der Waals surface area contributed by atoms with Gasteiger partial charge in [-0.3, -0.25) is 4.79 Å². The number of nitrogens with zero attached hydrogens (tertiary/aromatic N) is 4. The Morgan fingerprint density at radius 1 is 1.14 bits per heavy atom. The zero-order valence-corrected chi connectivity index (χ0v) is 19.3. The maximum absolute atomic E-state index is 13.9. The van der Waals surface area contributed by atoms with Crippen molar-refractivity contribution in [1.29, 1.82) is 0 Å². The summed E-state index contributed by atoms with van der Waals surface area (Å²) in [4.78, 5) is 26.0. The molecule has 0 atom stereocenters. The predicted molar refractivity (Wildman–Crippen MR) is 125 cm³/mol. The van der Waals surface area contributed by atoms with Gasteiger partial charge in [-0.15, -0.1) is 0 Å². The van der Waals surface area contributed by atoms with Gasteiger partial charge in [-0.1, -0.05) is 12.1 Å². The fourth-order valence-electron chi connectivity index (χ4n) is 3.79. The van der Waals surface area contributed by atoms with Gasteiger partial charge >= 0.3 is 6.18 Å². The molecule has 1 amide bonds. The van der Waals surface area contributed by atoms with Gasteiger partial charge in [-0.25, -0.2) is 14.4 Å². The van der Waals surface area contributed by atoms with Gasteiger partial charge in [0.2, 0.25) is 17.8 Å². The summed E-state index contributed by atoms with van der Waals surface area (Å²) in [6.07, 6.45) is -1.80. The monoisotopic (exact) mass is 504 g/mol. The molecule has 2 heterocycles. The van der Waals surface area contributed by atoms with Crippen molar-refractivity contribution in [1.82, 2.24) is 15.0 Å². The summed E-state index contributed by atoms with van der Waals surface area (Å²) in [7, 11) is 0. The van der Waals surface area contributed by atoms with E-state index in [4.69, 9.17) is 4.74 Å². The van der Waals surface area contributed by atoms with Crippen molar-refractivity contribution < 1.29 is 27.1 Å². The topological polar surface area (TPSA) is 92.3 Å². The Morgan fingerprint density at radius 2 is 1.92 bits per heavy atom. The molecule has 4 rings (SSSR count). The van der Waals surface area contributed by atoms with Gasteiger partial charge in [0.15, 0.2) is 0 Å². The van der Waals surface area contributed by atoms with E-state index in [9.17, 15) is 22.4 Å². The molecule has 1 aromatic heterocycles. The molecule has 0 bridgehead atoms. The van der Waals surface area contributed by atoms with E-state index >= 15 is 0 Å². The standard InChI is InChI=1S/C24H24F4N6O2/c1-15(35)31-21-12-18(5-6-20(21)25)32-22-29-14-30-23(33-22)34-9-7-19(8-10-34)36-13-16-3-2-4-17(11-16)24(26,27)28/h2-6,11-12,14,19H,7-10,13H2,1H3,(H,31,35)(H,29,30,32,33). The molecular weight excluding hydrogens is 480 g/mol. The van der Waals surface area contributed by atoms with E-state index < -0.39 is 23.5 Å². The molecule has 12 heteroatoms. The van der Waals surface area contributed by atoms with Crippen LogP contribution < -0.4 is 15.5 Å². The molecule has 190 valence electrons. The highest BCUT2D eigenvalue weighted by Gasteiger charge is 2.30. The quantitative estimate of drug-likeness (QED) is 0.442. The molecule has 1 aliphatic heterocycles. The first-order chi connectivity index (χ1) is 17.2. The number of nitrogens with one attached hydrogen (secondary N) is 2. The number of halogens is 4. The molecule has 0 saturated carbocycles. The minimum atomic E-state index is -4.38. The first kappa shape index (κ1) is 25.3. The van der Waals surface area contributed by atoms with Crippen LogP contribution in [0.2, 0.25) is 0 Å². The fraction of sp³-hybridized carbons (Fsp3) is 0.333. The zero-order chi connectivity index (χ0) is 25.7. The van der Waals surface area contributed by atoms with Crippen molar-refractivity contribution in [2.45, 2.75) is 38.7 Å².